The summed E-state index contributed by atoms with van der Waals surface area (Å²) in [4.78, 5) is 20.9. The van der Waals surface area contributed by atoms with E-state index in [9.17, 15) is 18.4 Å². The van der Waals surface area contributed by atoms with E-state index in [1.54, 1.807) is 0 Å². The summed E-state index contributed by atoms with van der Waals surface area (Å²) in [6, 6.07) is 1.29. The molecule has 6 heteroatoms. The molecule has 0 saturated heterocycles. The van der Waals surface area contributed by atoms with E-state index in [-0.39, 0.29) is 0 Å². The van der Waals surface area contributed by atoms with Gasteiger partial charge in [0.1, 0.15) is 11.3 Å². The van der Waals surface area contributed by atoms with Crippen LogP contribution in [0, 0.1) is 11.6 Å². The number of hydrogen-bond acceptors (Lipinski definition) is 3. The van der Waals surface area contributed by atoms with Crippen LogP contribution < -0.4 is 0 Å². The van der Waals surface area contributed by atoms with Gasteiger partial charge in [-0.1, -0.05) is 0 Å². The number of aliphatic carboxylic acids is 1. The number of rotatable bonds is 2. The Bertz CT molecular complexity index is 414. The third-order valence-electron chi connectivity index (χ3n) is 1.49. The highest BCUT2D eigenvalue weighted by Crippen LogP contribution is 2.22. The summed E-state index contributed by atoms with van der Waals surface area (Å²) in [6.07, 6.45) is 0. The lowest BCUT2D eigenvalue weighted by Crippen LogP contribution is -2.15. The molecule has 0 amide bonds. The second-order valence-corrected chi connectivity index (χ2v) is 2.39. The fraction of sp³-hybridized carbons (Fsp3) is 0. The van der Waals surface area contributed by atoms with E-state index in [2.05, 4.69) is 0 Å². The van der Waals surface area contributed by atoms with Gasteiger partial charge in [0.2, 0.25) is 0 Å². The van der Waals surface area contributed by atoms with Gasteiger partial charge < -0.3 is 10.2 Å². The molecular weight excluding hydrogens is 198 g/mol. The van der Waals surface area contributed by atoms with E-state index in [4.69, 9.17) is 10.2 Å². The molecule has 1 aromatic rings. The molecule has 2 N–H and O–H groups in total. The molecule has 1 rings (SSSR count). The molecule has 0 saturated carbocycles. The van der Waals surface area contributed by atoms with Crippen molar-refractivity contribution in [1.82, 2.24) is 0 Å². The van der Waals surface area contributed by atoms with Crippen LogP contribution in [0.4, 0.5) is 8.78 Å². The zero-order valence-corrected chi connectivity index (χ0v) is 6.62. The van der Waals surface area contributed by atoms with Gasteiger partial charge in [-0.05, 0) is 12.1 Å². The van der Waals surface area contributed by atoms with Crippen molar-refractivity contribution in [2.75, 3.05) is 0 Å². The van der Waals surface area contributed by atoms with Crippen LogP contribution in [0.2, 0.25) is 0 Å². The third kappa shape index (κ3) is 1.54. The molecule has 0 fully saturated rings. The number of carboxylic acids is 1. The zero-order chi connectivity index (χ0) is 10.9. The van der Waals surface area contributed by atoms with Crippen molar-refractivity contribution in [2.24, 2.45) is 0 Å². The van der Waals surface area contributed by atoms with E-state index in [1.807, 2.05) is 0 Å². The van der Waals surface area contributed by atoms with Crippen molar-refractivity contribution in [3.63, 3.8) is 0 Å². The second kappa shape index (κ2) is 3.41. The van der Waals surface area contributed by atoms with E-state index in [1.165, 1.54) is 0 Å². The Balaban J connectivity index is 3.40. The van der Waals surface area contributed by atoms with Crippen LogP contribution in [-0.2, 0) is 4.79 Å². The lowest BCUT2D eigenvalue weighted by molar-refractivity contribution is -0.131. The lowest BCUT2D eigenvalue weighted by atomic mass is 10.1. The summed E-state index contributed by atoms with van der Waals surface area (Å²) in [5, 5.41) is 17.2. The number of carbonyl (C=O) groups is 2. The maximum Gasteiger partial charge on any atom is 0.377 e. The summed E-state index contributed by atoms with van der Waals surface area (Å²) in [7, 11) is 0. The third-order valence-corrected chi connectivity index (χ3v) is 1.49. The van der Waals surface area contributed by atoms with Gasteiger partial charge in [0, 0.05) is 0 Å². The van der Waals surface area contributed by atoms with Gasteiger partial charge in [0.05, 0.1) is 0 Å². The highest BCUT2D eigenvalue weighted by molar-refractivity contribution is 6.40. The number of hydrogen-bond donors (Lipinski definition) is 2. The summed E-state index contributed by atoms with van der Waals surface area (Å²) in [6.45, 7) is 0. The highest BCUT2D eigenvalue weighted by atomic mass is 19.2. The quantitative estimate of drug-likeness (QED) is 0.552. The number of phenolic OH excluding ortho intramolecular Hbond substituents is 1. The number of ketones is 1. The normalized spacial score (nSPS) is 9.86. The Morgan fingerprint density at radius 3 is 2.29 bits per heavy atom. The molecule has 1 aromatic carbocycles. The first-order valence-electron chi connectivity index (χ1n) is 3.39. The summed E-state index contributed by atoms with van der Waals surface area (Å²) in [5.41, 5.74) is -1.17. The molecule has 0 aromatic heterocycles. The second-order valence-electron chi connectivity index (χ2n) is 2.39. The number of aromatic hydroxyl groups is 1. The molecule has 0 radical (unpaired) electrons. The minimum absolute atomic E-state index is 0.587. The van der Waals surface area contributed by atoms with Crippen molar-refractivity contribution >= 4 is 11.8 Å². The number of carbonyl (C=O) groups excluding carboxylic acids is 1. The average Bonchev–Trinajstić information content (AvgIpc) is 2.12. The number of Topliss-reactive ketones (excluding diaryl/α,β-unsaturated/α-hetero) is 1. The van der Waals surface area contributed by atoms with Gasteiger partial charge in [-0.15, -0.1) is 0 Å². The Kier molecular flexibility index (Phi) is 2.46. The first kappa shape index (κ1) is 10.1. The van der Waals surface area contributed by atoms with Crippen molar-refractivity contribution in [1.29, 1.82) is 0 Å². The van der Waals surface area contributed by atoms with Gasteiger partial charge in [-0.3, -0.25) is 4.79 Å². The predicted molar refractivity (Wildman–Crippen MR) is 40.0 cm³/mol. The van der Waals surface area contributed by atoms with Gasteiger partial charge in [-0.2, -0.15) is 0 Å². The smallest absolute Gasteiger partial charge is 0.377 e. The SMILES string of the molecule is O=C(O)C(=O)c1c(O)ccc(F)c1F. The summed E-state index contributed by atoms with van der Waals surface area (Å²) in [5.74, 6) is -7.63. The van der Waals surface area contributed by atoms with Gasteiger partial charge in [0.15, 0.2) is 11.6 Å². The summed E-state index contributed by atoms with van der Waals surface area (Å²) >= 11 is 0. The maximum atomic E-state index is 12.9. The van der Waals surface area contributed by atoms with Crippen molar-refractivity contribution in [2.45, 2.75) is 0 Å². The molecule has 14 heavy (non-hydrogen) atoms. The molecule has 0 atom stereocenters. The lowest BCUT2D eigenvalue weighted by Gasteiger charge is -2.02. The first-order valence-corrected chi connectivity index (χ1v) is 3.39. The van der Waals surface area contributed by atoms with Crippen LogP contribution in [0.3, 0.4) is 0 Å². The van der Waals surface area contributed by atoms with E-state index >= 15 is 0 Å². The van der Waals surface area contributed by atoms with Gasteiger partial charge in [0.25, 0.3) is 5.78 Å². The molecule has 74 valence electrons. The predicted octanol–water partition coefficient (Wildman–Crippen LogP) is 0.938. The molecule has 0 unspecified atom stereocenters. The number of halogens is 2. The highest BCUT2D eigenvalue weighted by Gasteiger charge is 2.25. The van der Waals surface area contributed by atoms with Crippen LogP contribution in [-0.4, -0.2) is 22.0 Å². The van der Waals surface area contributed by atoms with Gasteiger partial charge in [-0.25, -0.2) is 13.6 Å². The van der Waals surface area contributed by atoms with Gasteiger partial charge >= 0.3 is 5.97 Å². The first-order chi connectivity index (χ1) is 6.45. The van der Waals surface area contributed by atoms with Crippen molar-refractivity contribution < 1.29 is 28.6 Å². The van der Waals surface area contributed by atoms with Crippen LogP contribution >= 0.6 is 0 Å². The standard InChI is InChI=1S/C8H4F2O4/c9-3-1-2-4(11)5(6(3)10)7(12)8(13)14/h1-2,11H,(H,13,14). The molecule has 0 bridgehead atoms. The molecule has 0 aliphatic carbocycles. The van der Waals surface area contributed by atoms with E-state index < -0.39 is 34.7 Å². The fourth-order valence-corrected chi connectivity index (χ4v) is 0.863. The molecule has 0 aliphatic heterocycles. The summed E-state index contributed by atoms with van der Waals surface area (Å²) < 4.78 is 25.4. The van der Waals surface area contributed by atoms with Crippen LogP contribution in [0.1, 0.15) is 10.4 Å². The number of carboxylic acid groups (broad SMARTS) is 1. The molecule has 0 spiro atoms. The molecule has 0 heterocycles. The largest absolute Gasteiger partial charge is 0.507 e. The minimum Gasteiger partial charge on any atom is -0.507 e. The zero-order valence-electron chi connectivity index (χ0n) is 6.62. The minimum atomic E-state index is -1.97. The van der Waals surface area contributed by atoms with E-state index in [0.29, 0.717) is 12.1 Å². The maximum absolute atomic E-state index is 12.9. The van der Waals surface area contributed by atoms with E-state index in [0.717, 1.165) is 0 Å². The molecule has 4 nitrogen and oxygen atoms in total. The Morgan fingerprint density at radius 1 is 1.21 bits per heavy atom. The topological polar surface area (TPSA) is 74.6 Å². The van der Waals surface area contributed by atoms with Crippen molar-refractivity contribution in [3.8, 4) is 5.75 Å². The fourth-order valence-electron chi connectivity index (χ4n) is 0.863. The Labute approximate surface area is 76.4 Å². The van der Waals surface area contributed by atoms with Crippen LogP contribution in [0.25, 0.3) is 0 Å². The van der Waals surface area contributed by atoms with Crippen molar-refractivity contribution in [3.05, 3.63) is 29.3 Å². The van der Waals surface area contributed by atoms with Crippen LogP contribution in [0.5, 0.6) is 5.75 Å². The van der Waals surface area contributed by atoms with Crippen LogP contribution in [0.15, 0.2) is 12.1 Å². The number of phenols is 1. The Morgan fingerprint density at radius 2 is 1.79 bits per heavy atom. The monoisotopic (exact) mass is 202 g/mol. The average molecular weight is 202 g/mol. The molecule has 0 aliphatic rings. The number of benzene rings is 1. The Hall–Kier alpha value is -1.98. The molecular formula is C8H4F2O4.